The van der Waals surface area contributed by atoms with Crippen LogP contribution in [0.5, 0.6) is 0 Å². The molecule has 1 aromatic heterocycles. The number of rotatable bonds is 2. The van der Waals surface area contributed by atoms with Gasteiger partial charge in [0, 0.05) is 11.1 Å². The van der Waals surface area contributed by atoms with Crippen LogP contribution >= 0.6 is 23.2 Å². The molecule has 108 valence electrons. The lowest BCUT2D eigenvalue weighted by Crippen LogP contribution is -2.23. The van der Waals surface area contributed by atoms with Crippen LogP contribution in [0.4, 0.5) is 0 Å². The first-order chi connectivity index (χ1) is 9.58. The smallest absolute Gasteiger partial charge is 0.127 e. The highest BCUT2D eigenvalue weighted by molar-refractivity contribution is 6.31. The van der Waals surface area contributed by atoms with Crippen LogP contribution in [-0.4, -0.2) is 9.55 Å². The van der Waals surface area contributed by atoms with E-state index >= 15 is 0 Å². The number of fused-ring (bicyclic) bond motifs is 1. The van der Waals surface area contributed by atoms with Gasteiger partial charge in [0.2, 0.25) is 0 Å². The fourth-order valence-electron chi connectivity index (χ4n) is 3.39. The van der Waals surface area contributed by atoms with Crippen LogP contribution in [0.25, 0.3) is 11.0 Å². The minimum absolute atomic E-state index is 0.0877. The number of benzene rings is 1. The maximum atomic E-state index is 6.37. The molecule has 0 spiro atoms. The quantitative estimate of drug-likeness (QED) is 0.647. The first-order valence-corrected chi connectivity index (χ1v) is 8.21. The molecule has 1 saturated carbocycles. The number of alkyl halides is 1. The summed E-state index contributed by atoms with van der Waals surface area (Å²) in [6.07, 6.45) is 5.10. The van der Waals surface area contributed by atoms with Crippen molar-refractivity contribution in [3.05, 3.63) is 29.0 Å². The Balaban J connectivity index is 2.19. The zero-order valence-corrected chi connectivity index (χ0v) is 13.5. The van der Waals surface area contributed by atoms with Crippen molar-refractivity contribution in [1.29, 1.82) is 0 Å². The predicted octanol–water partition coefficient (Wildman–Crippen LogP) is 5.74. The van der Waals surface area contributed by atoms with Gasteiger partial charge in [-0.15, -0.1) is 11.6 Å². The molecule has 0 amide bonds. The number of hydrogen-bond donors (Lipinski definition) is 0. The van der Waals surface area contributed by atoms with Crippen molar-refractivity contribution < 1.29 is 0 Å². The molecule has 0 N–H and O–H groups in total. The second-order valence-corrected chi connectivity index (χ2v) is 7.01. The summed E-state index contributed by atoms with van der Waals surface area (Å²) in [6.45, 7) is 4.33. The zero-order chi connectivity index (χ0) is 14.3. The Bertz CT molecular complexity index is 618. The van der Waals surface area contributed by atoms with Crippen molar-refractivity contribution >= 4 is 34.2 Å². The van der Waals surface area contributed by atoms with E-state index in [2.05, 4.69) is 11.5 Å². The predicted molar refractivity (Wildman–Crippen MR) is 85.7 cm³/mol. The largest absolute Gasteiger partial charge is 0.323 e. The lowest BCUT2D eigenvalue weighted by Gasteiger charge is -2.32. The average molecular weight is 311 g/mol. The molecule has 3 atom stereocenters. The third-order valence-electron chi connectivity index (χ3n) is 4.43. The molecule has 0 saturated heterocycles. The Labute approximate surface area is 130 Å². The summed E-state index contributed by atoms with van der Waals surface area (Å²) in [5.41, 5.74) is 2.12. The molecule has 2 aromatic rings. The molecule has 1 fully saturated rings. The summed E-state index contributed by atoms with van der Waals surface area (Å²) in [7, 11) is 0. The minimum atomic E-state index is -0.0877. The summed E-state index contributed by atoms with van der Waals surface area (Å²) in [4.78, 5) is 4.74. The van der Waals surface area contributed by atoms with E-state index in [0.29, 0.717) is 12.0 Å². The van der Waals surface area contributed by atoms with E-state index in [4.69, 9.17) is 28.2 Å². The van der Waals surface area contributed by atoms with Gasteiger partial charge in [-0.25, -0.2) is 4.98 Å². The number of aromatic nitrogens is 2. The summed E-state index contributed by atoms with van der Waals surface area (Å²) in [5.74, 6) is 1.64. The van der Waals surface area contributed by atoms with E-state index in [-0.39, 0.29) is 5.38 Å². The zero-order valence-electron chi connectivity index (χ0n) is 11.9. The molecule has 1 heterocycles. The lowest BCUT2D eigenvalue weighted by molar-refractivity contribution is 0.257. The third-order valence-corrected chi connectivity index (χ3v) is 4.86. The van der Waals surface area contributed by atoms with Gasteiger partial charge in [0.25, 0.3) is 0 Å². The van der Waals surface area contributed by atoms with Gasteiger partial charge < -0.3 is 4.57 Å². The van der Waals surface area contributed by atoms with Crippen LogP contribution < -0.4 is 0 Å². The van der Waals surface area contributed by atoms with Gasteiger partial charge in [-0.2, -0.15) is 0 Å². The molecule has 1 aliphatic rings. The fourth-order valence-corrected chi connectivity index (χ4v) is 3.71. The van der Waals surface area contributed by atoms with E-state index in [9.17, 15) is 0 Å². The Morgan fingerprint density at radius 2 is 2.05 bits per heavy atom. The van der Waals surface area contributed by atoms with Crippen molar-refractivity contribution in [1.82, 2.24) is 9.55 Å². The van der Waals surface area contributed by atoms with E-state index < -0.39 is 0 Å². The molecule has 2 nitrogen and oxygen atoms in total. The summed E-state index contributed by atoms with van der Waals surface area (Å²) >= 11 is 12.6. The Kier molecular flexibility index (Phi) is 3.96. The topological polar surface area (TPSA) is 17.8 Å². The maximum absolute atomic E-state index is 6.37. The average Bonchev–Trinajstić information content (AvgIpc) is 2.78. The van der Waals surface area contributed by atoms with Crippen molar-refractivity contribution in [3.63, 3.8) is 0 Å². The van der Waals surface area contributed by atoms with Crippen molar-refractivity contribution in [3.8, 4) is 0 Å². The molecular weight excluding hydrogens is 291 g/mol. The monoisotopic (exact) mass is 310 g/mol. The van der Waals surface area contributed by atoms with Crippen LogP contribution in [0.3, 0.4) is 0 Å². The van der Waals surface area contributed by atoms with Gasteiger partial charge >= 0.3 is 0 Å². The standard InChI is InChI=1S/C16H20Cl2N2/c1-10-5-3-4-6-14(10)20-15-9-12(18)7-8-13(15)19-16(20)11(2)17/h7-11,14H,3-6H2,1-2H3. The molecule has 4 heteroatoms. The normalized spacial score (nSPS) is 25.0. The Morgan fingerprint density at radius 1 is 1.30 bits per heavy atom. The molecule has 0 bridgehead atoms. The molecule has 3 unspecified atom stereocenters. The Morgan fingerprint density at radius 3 is 2.75 bits per heavy atom. The van der Waals surface area contributed by atoms with E-state index in [1.807, 2.05) is 25.1 Å². The van der Waals surface area contributed by atoms with Crippen LogP contribution in [0, 0.1) is 5.92 Å². The number of hydrogen-bond acceptors (Lipinski definition) is 1. The molecule has 3 rings (SSSR count). The molecule has 20 heavy (non-hydrogen) atoms. The summed E-state index contributed by atoms with van der Waals surface area (Å²) in [6, 6.07) is 6.40. The van der Waals surface area contributed by atoms with E-state index in [1.54, 1.807) is 0 Å². The highest BCUT2D eigenvalue weighted by atomic mass is 35.5. The highest BCUT2D eigenvalue weighted by Gasteiger charge is 2.28. The van der Waals surface area contributed by atoms with Crippen molar-refractivity contribution in [2.45, 2.75) is 50.9 Å². The van der Waals surface area contributed by atoms with Gasteiger partial charge in [-0.05, 0) is 43.9 Å². The first kappa shape index (κ1) is 14.2. The molecule has 0 aliphatic heterocycles. The number of halogens is 2. The summed E-state index contributed by atoms with van der Waals surface area (Å²) < 4.78 is 2.35. The second-order valence-electron chi connectivity index (χ2n) is 5.92. The first-order valence-electron chi connectivity index (χ1n) is 7.39. The molecule has 1 aromatic carbocycles. The third kappa shape index (κ3) is 2.44. The molecular formula is C16H20Cl2N2. The van der Waals surface area contributed by atoms with Gasteiger partial charge in [-0.1, -0.05) is 31.4 Å². The molecule has 0 radical (unpaired) electrons. The maximum Gasteiger partial charge on any atom is 0.127 e. The number of imidazole rings is 1. The van der Waals surface area contributed by atoms with Crippen molar-refractivity contribution in [2.24, 2.45) is 5.92 Å². The number of nitrogens with zero attached hydrogens (tertiary/aromatic N) is 2. The van der Waals surface area contributed by atoms with Crippen LogP contribution in [-0.2, 0) is 0 Å². The second kappa shape index (κ2) is 5.57. The highest BCUT2D eigenvalue weighted by Crippen LogP contribution is 2.39. The van der Waals surface area contributed by atoms with E-state index in [1.165, 1.54) is 25.7 Å². The lowest BCUT2D eigenvalue weighted by atomic mass is 9.85. The van der Waals surface area contributed by atoms with Crippen LogP contribution in [0.15, 0.2) is 18.2 Å². The van der Waals surface area contributed by atoms with Gasteiger partial charge in [-0.3, -0.25) is 0 Å². The Hall–Kier alpha value is -0.730. The van der Waals surface area contributed by atoms with Gasteiger partial charge in [0.1, 0.15) is 5.82 Å². The minimum Gasteiger partial charge on any atom is -0.323 e. The van der Waals surface area contributed by atoms with Crippen molar-refractivity contribution in [2.75, 3.05) is 0 Å². The van der Waals surface area contributed by atoms with E-state index in [0.717, 1.165) is 21.9 Å². The fraction of sp³-hybridized carbons (Fsp3) is 0.562. The molecule has 1 aliphatic carbocycles. The van der Waals surface area contributed by atoms with Gasteiger partial charge in [0.15, 0.2) is 0 Å². The van der Waals surface area contributed by atoms with Crippen LogP contribution in [0.1, 0.15) is 56.8 Å². The summed E-state index contributed by atoms with van der Waals surface area (Å²) in [5, 5.41) is 0.672. The van der Waals surface area contributed by atoms with Crippen LogP contribution in [0.2, 0.25) is 5.02 Å². The van der Waals surface area contributed by atoms with Gasteiger partial charge in [0.05, 0.1) is 16.4 Å². The SMILES string of the molecule is CC(Cl)c1nc2ccc(Cl)cc2n1C1CCCCC1C.